The molecule has 1 atom stereocenters. The fourth-order valence-electron chi connectivity index (χ4n) is 4.84. The number of anilines is 1. The molecule has 10 heteroatoms. The summed E-state index contributed by atoms with van der Waals surface area (Å²) in [5.41, 5.74) is 1.26. The summed E-state index contributed by atoms with van der Waals surface area (Å²) in [6.45, 7) is 15.4. The van der Waals surface area contributed by atoms with Crippen molar-refractivity contribution in [3.8, 4) is 16.9 Å². The summed E-state index contributed by atoms with van der Waals surface area (Å²) < 4.78 is 31.0. The highest BCUT2D eigenvalue weighted by atomic mass is 19.1. The Labute approximate surface area is 251 Å². The number of carbonyl (C=O) groups is 1. The molecule has 0 radical (unpaired) electrons. The monoisotopic (exact) mass is 590 g/mol. The lowest BCUT2D eigenvalue weighted by atomic mass is 9.99. The first-order chi connectivity index (χ1) is 20.5. The van der Waals surface area contributed by atoms with Gasteiger partial charge in [0.15, 0.2) is 5.65 Å². The van der Waals surface area contributed by atoms with Crippen LogP contribution in [0.25, 0.3) is 28.0 Å². The molecular formula is C33H40F2N6O2. The highest BCUT2D eigenvalue weighted by Crippen LogP contribution is 2.31. The lowest BCUT2D eigenvalue weighted by molar-refractivity contribution is 0.0930. The van der Waals surface area contributed by atoms with E-state index in [9.17, 15) is 9.59 Å². The quantitative estimate of drug-likeness (QED) is 0.198. The number of nitrogens with one attached hydrogen (secondary N) is 2. The number of benzene rings is 2. The molecule has 8 nitrogen and oxygen atoms in total. The van der Waals surface area contributed by atoms with Crippen LogP contribution in [0.1, 0.15) is 57.0 Å². The zero-order valence-corrected chi connectivity index (χ0v) is 25.7. The van der Waals surface area contributed by atoms with Crippen molar-refractivity contribution in [2.45, 2.75) is 54.0 Å². The van der Waals surface area contributed by atoms with Gasteiger partial charge in [-0.25, -0.2) is 13.8 Å². The fraction of sp³-hybridized carbons (Fsp3) is 0.394. The number of rotatable bonds is 12. The van der Waals surface area contributed by atoms with Gasteiger partial charge in [0.05, 0.1) is 5.69 Å². The first kappa shape index (κ1) is 31.7. The van der Waals surface area contributed by atoms with Crippen molar-refractivity contribution in [1.29, 1.82) is 0 Å². The number of pyridine rings is 1. The zero-order valence-electron chi connectivity index (χ0n) is 25.7. The van der Waals surface area contributed by atoms with Crippen LogP contribution in [0.15, 0.2) is 53.3 Å². The number of aromatic nitrogens is 3. The Morgan fingerprint density at radius 3 is 2.35 bits per heavy atom. The van der Waals surface area contributed by atoms with Crippen LogP contribution in [0.2, 0.25) is 0 Å². The molecule has 1 amide bonds. The van der Waals surface area contributed by atoms with Gasteiger partial charge in [-0.1, -0.05) is 39.8 Å². The molecule has 2 aromatic carbocycles. The molecule has 228 valence electrons. The van der Waals surface area contributed by atoms with Gasteiger partial charge in [0, 0.05) is 35.2 Å². The van der Waals surface area contributed by atoms with Crippen molar-refractivity contribution in [3.63, 3.8) is 0 Å². The zero-order chi connectivity index (χ0) is 31.3. The van der Waals surface area contributed by atoms with E-state index < -0.39 is 22.9 Å². The maximum Gasteiger partial charge on any atom is 0.256 e. The Bertz CT molecular complexity index is 1650. The highest BCUT2D eigenvalue weighted by molar-refractivity contribution is 5.98. The van der Waals surface area contributed by atoms with Crippen molar-refractivity contribution in [2.24, 2.45) is 5.92 Å². The van der Waals surface area contributed by atoms with E-state index in [0.29, 0.717) is 28.8 Å². The highest BCUT2D eigenvalue weighted by Gasteiger charge is 2.21. The van der Waals surface area contributed by atoms with Crippen LogP contribution in [-0.4, -0.2) is 57.6 Å². The molecule has 0 aliphatic heterocycles. The molecular weight excluding hydrogens is 550 g/mol. The molecule has 2 N–H and O–H groups in total. The number of hydrogen-bond donors (Lipinski definition) is 2. The SMILES string of the molecule is CCN(CC)CCCNc1nc(-c2cc(C(=O)N[C@H](C)C(C)C)ccc2C)c2ccc(=O)n(-c3c(F)cccc3F)c2n1. The van der Waals surface area contributed by atoms with Crippen LogP contribution in [0.5, 0.6) is 0 Å². The molecule has 43 heavy (non-hydrogen) atoms. The Kier molecular flexibility index (Phi) is 10.2. The third-order valence-electron chi connectivity index (χ3n) is 7.85. The summed E-state index contributed by atoms with van der Waals surface area (Å²) in [5.74, 6) is -1.54. The summed E-state index contributed by atoms with van der Waals surface area (Å²) in [6, 6.07) is 11.5. The first-order valence-electron chi connectivity index (χ1n) is 14.8. The Morgan fingerprint density at radius 1 is 1.00 bits per heavy atom. The van der Waals surface area contributed by atoms with Gasteiger partial charge >= 0.3 is 0 Å². The van der Waals surface area contributed by atoms with Crippen LogP contribution in [0.3, 0.4) is 0 Å². The third-order valence-corrected chi connectivity index (χ3v) is 7.85. The summed E-state index contributed by atoms with van der Waals surface area (Å²) in [7, 11) is 0. The first-order valence-corrected chi connectivity index (χ1v) is 14.8. The molecule has 4 aromatic rings. The average molecular weight is 591 g/mol. The third kappa shape index (κ3) is 7.07. The lowest BCUT2D eigenvalue weighted by Crippen LogP contribution is -2.36. The summed E-state index contributed by atoms with van der Waals surface area (Å²) in [6.07, 6.45) is 0.810. The van der Waals surface area contributed by atoms with Crippen LogP contribution < -0.4 is 16.2 Å². The van der Waals surface area contributed by atoms with Gasteiger partial charge in [-0.15, -0.1) is 0 Å². The molecule has 0 bridgehead atoms. The minimum absolute atomic E-state index is 0.0330. The minimum Gasteiger partial charge on any atom is -0.354 e. The van der Waals surface area contributed by atoms with E-state index in [1.165, 1.54) is 12.1 Å². The van der Waals surface area contributed by atoms with Crippen LogP contribution in [0.4, 0.5) is 14.7 Å². The van der Waals surface area contributed by atoms with Crippen molar-refractivity contribution < 1.29 is 13.6 Å². The molecule has 0 unspecified atom stereocenters. The van der Waals surface area contributed by atoms with E-state index >= 15 is 8.78 Å². The van der Waals surface area contributed by atoms with Crippen LogP contribution in [0, 0.1) is 24.5 Å². The van der Waals surface area contributed by atoms with Gasteiger partial charge in [-0.3, -0.25) is 14.2 Å². The fourth-order valence-corrected chi connectivity index (χ4v) is 4.84. The second kappa shape index (κ2) is 13.9. The summed E-state index contributed by atoms with van der Waals surface area (Å²) in [4.78, 5) is 38.0. The molecule has 2 heterocycles. The predicted molar refractivity (Wildman–Crippen MR) is 168 cm³/mol. The van der Waals surface area contributed by atoms with Crippen molar-refractivity contribution in [2.75, 3.05) is 31.5 Å². The van der Waals surface area contributed by atoms with Crippen molar-refractivity contribution in [3.05, 3.63) is 81.6 Å². The number of amides is 1. The molecule has 0 fully saturated rings. The lowest BCUT2D eigenvalue weighted by Gasteiger charge is -2.19. The van der Waals surface area contributed by atoms with E-state index in [-0.39, 0.29) is 29.5 Å². The number of hydrogen-bond acceptors (Lipinski definition) is 6. The number of para-hydroxylation sites is 1. The van der Waals surface area contributed by atoms with E-state index in [0.717, 1.165) is 48.3 Å². The topological polar surface area (TPSA) is 92.2 Å². The maximum absolute atomic E-state index is 15.0. The average Bonchev–Trinajstić information content (AvgIpc) is 2.98. The minimum atomic E-state index is -0.891. The molecule has 0 saturated heterocycles. The summed E-state index contributed by atoms with van der Waals surface area (Å²) in [5, 5.41) is 6.68. The van der Waals surface area contributed by atoms with Crippen LogP contribution >= 0.6 is 0 Å². The van der Waals surface area contributed by atoms with E-state index in [4.69, 9.17) is 4.98 Å². The standard InChI is InChI=1S/C33H40F2N6O2/c1-7-40(8-2)18-10-17-36-33-38-29(25-19-23(14-13-21(25)5)32(43)37-22(6)20(3)4)24-15-16-28(42)41(31(24)39-33)30-26(34)11-9-12-27(30)35/h9,11-16,19-20,22H,7-8,10,17-18H2,1-6H3,(H,37,43)(H,36,38,39)/t22-/m1/s1. The van der Waals surface area contributed by atoms with Gasteiger partial charge < -0.3 is 15.5 Å². The van der Waals surface area contributed by atoms with Gasteiger partial charge in [-0.05, 0) is 81.7 Å². The van der Waals surface area contributed by atoms with Gasteiger partial charge in [0.1, 0.15) is 17.3 Å². The van der Waals surface area contributed by atoms with Gasteiger partial charge in [0.2, 0.25) is 5.95 Å². The largest absolute Gasteiger partial charge is 0.354 e. The molecule has 0 saturated carbocycles. The molecule has 0 spiro atoms. The number of aryl methyl sites for hydroxylation is 1. The molecule has 2 aromatic heterocycles. The van der Waals surface area contributed by atoms with Crippen LogP contribution in [-0.2, 0) is 0 Å². The predicted octanol–water partition coefficient (Wildman–Crippen LogP) is 5.95. The summed E-state index contributed by atoms with van der Waals surface area (Å²) >= 11 is 0. The van der Waals surface area contributed by atoms with Crippen molar-refractivity contribution in [1.82, 2.24) is 24.8 Å². The Hall–Kier alpha value is -4.18. The second-order valence-electron chi connectivity index (χ2n) is 11.1. The van der Waals surface area contributed by atoms with Crippen molar-refractivity contribution >= 4 is 22.9 Å². The normalized spacial score (nSPS) is 12.2. The van der Waals surface area contributed by atoms with E-state index in [1.807, 2.05) is 33.8 Å². The smallest absolute Gasteiger partial charge is 0.256 e. The Balaban J connectivity index is 1.89. The Morgan fingerprint density at radius 2 is 1.70 bits per heavy atom. The number of halogens is 2. The van der Waals surface area contributed by atoms with E-state index in [2.05, 4.69) is 34.4 Å². The molecule has 0 aliphatic carbocycles. The van der Waals surface area contributed by atoms with E-state index in [1.54, 1.807) is 18.2 Å². The molecule has 0 aliphatic rings. The van der Waals surface area contributed by atoms with Gasteiger partial charge in [0.25, 0.3) is 11.5 Å². The number of nitrogens with zero attached hydrogens (tertiary/aromatic N) is 4. The number of fused-ring (bicyclic) bond motifs is 1. The second-order valence-corrected chi connectivity index (χ2v) is 11.1. The molecule has 4 rings (SSSR count). The maximum atomic E-state index is 15.0. The number of carbonyl (C=O) groups excluding carboxylic acids is 1. The van der Waals surface area contributed by atoms with Gasteiger partial charge in [-0.2, -0.15) is 4.98 Å².